The van der Waals surface area contributed by atoms with Crippen LogP contribution in [0.25, 0.3) is 0 Å². The van der Waals surface area contributed by atoms with Crippen LogP contribution in [0.1, 0.15) is 19.8 Å². The Morgan fingerprint density at radius 1 is 1.45 bits per heavy atom. The summed E-state index contributed by atoms with van der Waals surface area (Å²) < 4.78 is 0. The predicted molar refractivity (Wildman–Crippen MR) is 84.4 cm³/mol. The number of rotatable bonds is 5. The van der Waals surface area contributed by atoms with Gasteiger partial charge in [-0.1, -0.05) is 19.1 Å². The highest BCUT2D eigenvalue weighted by molar-refractivity contribution is 6.07. The fourth-order valence-corrected chi connectivity index (χ4v) is 2.43. The van der Waals surface area contributed by atoms with Crippen LogP contribution in [0.5, 0.6) is 0 Å². The minimum absolute atomic E-state index is 0.00401. The summed E-state index contributed by atoms with van der Waals surface area (Å²) in [5.74, 6) is -0.265. The zero-order chi connectivity index (χ0) is 16.1. The van der Waals surface area contributed by atoms with E-state index in [0.717, 1.165) is 11.4 Å². The zero-order valence-electron chi connectivity index (χ0n) is 12.9. The Bertz CT molecular complexity index is 608. The molecule has 6 heteroatoms. The number of fused-ring (bicyclic) bond motifs is 1. The van der Waals surface area contributed by atoms with E-state index in [9.17, 15) is 9.59 Å². The number of benzene rings is 1. The summed E-state index contributed by atoms with van der Waals surface area (Å²) in [5, 5.41) is 11.8. The maximum atomic E-state index is 12.5. The molecule has 22 heavy (non-hydrogen) atoms. The minimum atomic E-state index is -0.313. The monoisotopic (exact) mass is 300 g/mol. The van der Waals surface area contributed by atoms with E-state index in [2.05, 4.69) is 5.32 Å². The first-order chi connectivity index (χ1) is 10.6. The van der Waals surface area contributed by atoms with Gasteiger partial charge in [-0.2, -0.15) is 5.26 Å². The van der Waals surface area contributed by atoms with E-state index in [1.807, 2.05) is 37.3 Å². The topological polar surface area (TPSA) is 76.4 Å². The highest BCUT2D eigenvalue weighted by atomic mass is 16.2. The summed E-state index contributed by atoms with van der Waals surface area (Å²) in [4.78, 5) is 27.8. The fourth-order valence-electron chi connectivity index (χ4n) is 2.43. The quantitative estimate of drug-likeness (QED) is 0.896. The molecule has 0 saturated heterocycles. The Kier molecular flexibility index (Phi) is 4.99. The second-order valence-electron chi connectivity index (χ2n) is 5.27. The summed E-state index contributed by atoms with van der Waals surface area (Å²) >= 11 is 0. The van der Waals surface area contributed by atoms with Crippen LogP contribution in [0.2, 0.25) is 0 Å². The van der Waals surface area contributed by atoms with Gasteiger partial charge in [0.05, 0.1) is 23.9 Å². The van der Waals surface area contributed by atoms with Gasteiger partial charge in [-0.15, -0.1) is 0 Å². The molecule has 1 aliphatic rings. The number of anilines is 2. The Morgan fingerprint density at radius 2 is 2.18 bits per heavy atom. The lowest BCUT2D eigenvalue weighted by Crippen LogP contribution is -2.50. The number of hydrogen-bond acceptors (Lipinski definition) is 4. The lowest BCUT2D eigenvalue weighted by molar-refractivity contribution is -0.130. The van der Waals surface area contributed by atoms with E-state index in [1.54, 1.807) is 7.05 Å². The first-order valence-corrected chi connectivity index (χ1v) is 7.36. The number of nitrogens with zero attached hydrogens (tertiary/aromatic N) is 3. The summed E-state index contributed by atoms with van der Waals surface area (Å²) in [5.41, 5.74) is 1.58. The van der Waals surface area contributed by atoms with Crippen molar-refractivity contribution in [2.45, 2.75) is 25.8 Å². The summed E-state index contributed by atoms with van der Waals surface area (Å²) in [6.07, 6.45) is 0.939. The highest BCUT2D eigenvalue weighted by Crippen LogP contribution is 2.31. The van der Waals surface area contributed by atoms with E-state index < -0.39 is 0 Å². The number of carbonyl (C=O) groups excluding carboxylic acids is 2. The summed E-state index contributed by atoms with van der Waals surface area (Å²) in [7, 11) is 1.65. The Balaban J connectivity index is 2.19. The molecular formula is C16H20N4O2. The van der Waals surface area contributed by atoms with Gasteiger partial charge in [-0.3, -0.25) is 14.5 Å². The minimum Gasteiger partial charge on any atom is -0.372 e. The van der Waals surface area contributed by atoms with Crippen molar-refractivity contribution < 1.29 is 9.59 Å². The lowest BCUT2D eigenvalue weighted by atomic mass is 10.1. The number of carbonyl (C=O) groups is 2. The zero-order valence-corrected chi connectivity index (χ0v) is 12.9. The molecule has 0 spiro atoms. The molecule has 1 unspecified atom stereocenters. The number of nitrogens with one attached hydrogen (secondary N) is 1. The van der Waals surface area contributed by atoms with Crippen LogP contribution in [0.15, 0.2) is 24.3 Å². The molecule has 2 rings (SSSR count). The molecular weight excluding hydrogens is 280 g/mol. The smallest absolute Gasteiger partial charge is 0.250 e. The molecule has 1 aliphatic heterocycles. The second kappa shape index (κ2) is 6.94. The third-order valence-corrected chi connectivity index (χ3v) is 3.78. The van der Waals surface area contributed by atoms with E-state index in [-0.39, 0.29) is 30.8 Å². The van der Waals surface area contributed by atoms with Crippen molar-refractivity contribution in [1.82, 2.24) is 4.90 Å². The summed E-state index contributed by atoms with van der Waals surface area (Å²) in [6, 6.07) is 9.17. The second-order valence-corrected chi connectivity index (χ2v) is 5.27. The number of amides is 2. The van der Waals surface area contributed by atoms with E-state index in [1.165, 1.54) is 9.80 Å². The van der Waals surface area contributed by atoms with Crippen molar-refractivity contribution in [2.24, 2.45) is 0 Å². The van der Waals surface area contributed by atoms with Crippen molar-refractivity contribution in [3.05, 3.63) is 24.3 Å². The van der Waals surface area contributed by atoms with Crippen LogP contribution in [0, 0.1) is 11.3 Å². The molecule has 1 aromatic carbocycles. The van der Waals surface area contributed by atoms with Gasteiger partial charge in [-0.25, -0.2) is 0 Å². The third kappa shape index (κ3) is 3.19. The highest BCUT2D eigenvalue weighted by Gasteiger charge is 2.32. The molecule has 1 atom stereocenters. The van der Waals surface area contributed by atoms with Gasteiger partial charge < -0.3 is 10.2 Å². The number of para-hydroxylation sites is 2. The SMILES string of the molecule is CCC1Nc2ccccc2N(CC(=O)N(C)CCC#N)C1=O. The summed E-state index contributed by atoms with van der Waals surface area (Å²) in [6.45, 7) is 2.30. The lowest BCUT2D eigenvalue weighted by Gasteiger charge is -2.35. The molecule has 6 nitrogen and oxygen atoms in total. The first-order valence-electron chi connectivity index (χ1n) is 7.36. The van der Waals surface area contributed by atoms with Gasteiger partial charge >= 0.3 is 0 Å². The molecule has 0 saturated carbocycles. The van der Waals surface area contributed by atoms with Crippen LogP contribution in [-0.2, 0) is 9.59 Å². The van der Waals surface area contributed by atoms with Crippen molar-refractivity contribution in [3.8, 4) is 6.07 Å². The van der Waals surface area contributed by atoms with E-state index in [0.29, 0.717) is 13.0 Å². The molecule has 0 radical (unpaired) electrons. The normalized spacial score (nSPS) is 16.5. The van der Waals surface area contributed by atoms with Crippen molar-refractivity contribution >= 4 is 23.2 Å². The van der Waals surface area contributed by atoms with Gasteiger partial charge in [0.15, 0.2) is 0 Å². The Morgan fingerprint density at radius 3 is 2.86 bits per heavy atom. The van der Waals surface area contributed by atoms with Crippen LogP contribution in [0.4, 0.5) is 11.4 Å². The van der Waals surface area contributed by atoms with Crippen molar-refractivity contribution in [1.29, 1.82) is 5.26 Å². The molecule has 1 aromatic rings. The van der Waals surface area contributed by atoms with Gasteiger partial charge in [0.25, 0.3) is 0 Å². The standard InChI is InChI=1S/C16H20N4O2/c1-3-12-16(22)20(11-15(21)19(2)10-6-9-17)14-8-5-4-7-13(14)18-12/h4-5,7-8,12,18H,3,6,10-11H2,1-2H3. The maximum absolute atomic E-state index is 12.5. The Labute approximate surface area is 130 Å². The van der Waals surface area contributed by atoms with Gasteiger partial charge in [-0.05, 0) is 18.6 Å². The molecule has 0 aromatic heterocycles. The van der Waals surface area contributed by atoms with Gasteiger partial charge in [0, 0.05) is 13.6 Å². The average molecular weight is 300 g/mol. The van der Waals surface area contributed by atoms with Crippen LogP contribution in [0.3, 0.4) is 0 Å². The Hall–Kier alpha value is -2.55. The van der Waals surface area contributed by atoms with E-state index in [4.69, 9.17) is 5.26 Å². The van der Waals surface area contributed by atoms with Crippen LogP contribution >= 0.6 is 0 Å². The molecule has 1 heterocycles. The number of nitriles is 1. The molecule has 2 amide bonds. The largest absolute Gasteiger partial charge is 0.372 e. The van der Waals surface area contributed by atoms with Crippen LogP contribution in [-0.4, -0.2) is 42.9 Å². The molecule has 116 valence electrons. The number of hydrogen-bond donors (Lipinski definition) is 1. The molecule has 0 fully saturated rings. The number of likely N-dealkylation sites (N-methyl/N-ethyl adjacent to an activating group) is 1. The fraction of sp³-hybridized carbons (Fsp3) is 0.438. The van der Waals surface area contributed by atoms with E-state index >= 15 is 0 Å². The third-order valence-electron chi connectivity index (χ3n) is 3.78. The van der Waals surface area contributed by atoms with Crippen molar-refractivity contribution in [2.75, 3.05) is 30.4 Å². The predicted octanol–water partition coefficient (Wildman–Crippen LogP) is 1.60. The maximum Gasteiger partial charge on any atom is 0.250 e. The van der Waals surface area contributed by atoms with Gasteiger partial charge in [0.1, 0.15) is 12.6 Å². The van der Waals surface area contributed by atoms with Crippen molar-refractivity contribution in [3.63, 3.8) is 0 Å². The molecule has 1 N–H and O–H groups in total. The first kappa shape index (κ1) is 15.8. The average Bonchev–Trinajstić information content (AvgIpc) is 2.54. The molecule has 0 aliphatic carbocycles. The van der Waals surface area contributed by atoms with Crippen LogP contribution < -0.4 is 10.2 Å². The van der Waals surface area contributed by atoms with Gasteiger partial charge in [0.2, 0.25) is 11.8 Å². The molecule has 0 bridgehead atoms.